The van der Waals surface area contributed by atoms with Crippen molar-refractivity contribution in [2.45, 2.75) is 6.92 Å². The van der Waals surface area contributed by atoms with E-state index in [1.165, 1.54) is 16.4 Å². The van der Waals surface area contributed by atoms with Crippen LogP contribution in [-0.4, -0.2) is 46.7 Å². The van der Waals surface area contributed by atoms with Crippen LogP contribution in [0.1, 0.15) is 26.3 Å². The zero-order valence-corrected chi connectivity index (χ0v) is 11.4. The second-order valence-corrected chi connectivity index (χ2v) is 5.62. The number of aryl methyl sites for hydroxylation is 1. The van der Waals surface area contributed by atoms with Crippen LogP contribution in [0.5, 0.6) is 0 Å². The van der Waals surface area contributed by atoms with Crippen molar-refractivity contribution in [2.75, 3.05) is 26.3 Å². The van der Waals surface area contributed by atoms with Gasteiger partial charge in [-0.15, -0.1) is 0 Å². The molecule has 0 N–H and O–H groups in total. The molecule has 2 aliphatic rings. The topological polar surface area (TPSA) is 49.9 Å². The molecule has 100 valence electrons. The molecule has 1 aromatic carbocycles. The summed E-state index contributed by atoms with van der Waals surface area (Å²) in [6.45, 7) is 4.62. The molecule has 1 fully saturated rings. The van der Waals surface area contributed by atoms with E-state index in [1.54, 1.807) is 12.1 Å². The van der Waals surface area contributed by atoms with Crippen molar-refractivity contribution >= 4 is 23.9 Å². The van der Waals surface area contributed by atoms with E-state index in [2.05, 4.69) is 0 Å². The van der Waals surface area contributed by atoms with E-state index in [9.17, 15) is 9.59 Å². The van der Waals surface area contributed by atoms with Crippen molar-refractivity contribution < 1.29 is 14.3 Å². The summed E-state index contributed by atoms with van der Waals surface area (Å²) in [5.74, 6) is -0.448. The van der Waals surface area contributed by atoms with E-state index < -0.39 is 0 Å². The van der Waals surface area contributed by atoms with Gasteiger partial charge >= 0.3 is 0 Å². The minimum absolute atomic E-state index is 0.222. The number of rotatable bonds is 2. The highest BCUT2D eigenvalue weighted by molar-refractivity contribution is 7.95. The van der Waals surface area contributed by atoms with Crippen LogP contribution in [0.4, 0.5) is 0 Å². The average Bonchev–Trinajstić information content (AvgIpc) is 2.65. The van der Waals surface area contributed by atoms with E-state index in [1.807, 2.05) is 17.3 Å². The molecular formula is C13H14N2O3S. The monoisotopic (exact) mass is 278 g/mol. The molecule has 1 aromatic rings. The molecule has 2 heterocycles. The summed E-state index contributed by atoms with van der Waals surface area (Å²) in [4.78, 5) is 24.5. The molecule has 19 heavy (non-hydrogen) atoms. The molecule has 2 amide bonds. The molecule has 0 aliphatic carbocycles. The van der Waals surface area contributed by atoms with Gasteiger partial charge in [0.25, 0.3) is 11.8 Å². The first-order valence-electron chi connectivity index (χ1n) is 6.17. The van der Waals surface area contributed by atoms with Crippen LogP contribution in [0.25, 0.3) is 0 Å². The Kier molecular flexibility index (Phi) is 3.30. The van der Waals surface area contributed by atoms with E-state index in [4.69, 9.17) is 4.74 Å². The van der Waals surface area contributed by atoms with Gasteiger partial charge in [0.1, 0.15) is 0 Å². The smallest absolute Gasteiger partial charge is 0.272 e. The molecule has 3 rings (SSSR count). The number of hydrogen-bond acceptors (Lipinski definition) is 5. The quantitative estimate of drug-likeness (QED) is 0.606. The van der Waals surface area contributed by atoms with Gasteiger partial charge in [0, 0.05) is 13.1 Å². The molecule has 0 spiro atoms. The lowest BCUT2D eigenvalue weighted by atomic mass is 10.1. The Morgan fingerprint density at radius 3 is 2.53 bits per heavy atom. The Morgan fingerprint density at radius 2 is 1.79 bits per heavy atom. The van der Waals surface area contributed by atoms with Crippen LogP contribution in [0.15, 0.2) is 18.2 Å². The number of amides is 2. The van der Waals surface area contributed by atoms with Crippen LogP contribution in [-0.2, 0) is 4.74 Å². The standard InChI is InChI=1S/C13H14N2O3S/c1-9-2-3-10-11(8-9)13(17)15(12(10)16)19-14-4-6-18-7-5-14/h2-3,8H,4-7H2,1H3. The van der Waals surface area contributed by atoms with Crippen LogP contribution in [0, 0.1) is 6.92 Å². The van der Waals surface area contributed by atoms with Crippen molar-refractivity contribution in [2.24, 2.45) is 0 Å². The summed E-state index contributed by atoms with van der Waals surface area (Å²) in [5.41, 5.74) is 1.99. The number of carbonyl (C=O) groups is 2. The molecular weight excluding hydrogens is 264 g/mol. The highest BCUT2D eigenvalue weighted by atomic mass is 32.2. The fourth-order valence-corrected chi connectivity index (χ4v) is 3.04. The minimum Gasteiger partial charge on any atom is -0.379 e. The van der Waals surface area contributed by atoms with Crippen LogP contribution in [0.2, 0.25) is 0 Å². The third kappa shape index (κ3) is 2.27. The number of morpholine rings is 1. The zero-order valence-electron chi connectivity index (χ0n) is 10.6. The second-order valence-electron chi connectivity index (χ2n) is 4.58. The summed E-state index contributed by atoms with van der Waals surface area (Å²) < 4.78 is 8.48. The molecule has 0 unspecified atom stereocenters. The molecule has 5 nitrogen and oxygen atoms in total. The Balaban J connectivity index is 1.81. The van der Waals surface area contributed by atoms with Gasteiger partial charge in [-0.3, -0.25) is 9.59 Å². The Morgan fingerprint density at radius 1 is 1.11 bits per heavy atom. The Bertz CT molecular complexity index is 541. The number of benzene rings is 1. The van der Waals surface area contributed by atoms with Gasteiger partial charge in [0.05, 0.1) is 36.5 Å². The van der Waals surface area contributed by atoms with Gasteiger partial charge in [-0.2, -0.15) is 0 Å². The number of carbonyl (C=O) groups excluding carboxylic acids is 2. The lowest BCUT2D eigenvalue weighted by molar-refractivity contribution is 0.0699. The first-order valence-corrected chi connectivity index (χ1v) is 6.90. The lowest BCUT2D eigenvalue weighted by Gasteiger charge is -2.27. The number of nitrogens with zero attached hydrogens (tertiary/aromatic N) is 2. The molecule has 0 radical (unpaired) electrons. The van der Waals surface area contributed by atoms with E-state index in [0.717, 1.165) is 18.7 Å². The number of ether oxygens (including phenoxy) is 1. The predicted molar refractivity (Wildman–Crippen MR) is 71.7 cm³/mol. The van der Waals surface area contributed by atoms with Gasteiger partial charge < -0.3 is 4.74 Å². The number of hydrogen-bond donors (Lipinski definition) is 0. The maximum atomic E-state index is 12.3. The van der Waals surface area contributed by atoms with Crippen LogP contribution >= 0.6 is 12.1 Å². The first kappa shape index (κ1) is 12.7. The van der Waals surface area contributed by atoms with Gasteiger partial charge in [0.2, 0.25) is 0 Å². The lowest BCUT2D eigenvalue weighted by Crippen LogP contribution is -2.36. The Hall–Kier alpha value is -1.37. The highest BCUT2D eigenvalue weighted by Gasteiger charge is 2.37. The van der Waals surface area contributed by atoms with Crippen molar-refractivity contribution in [3.05, 3.63) is 34.9 Å². The van der Waals surface area contributed by atoms with Crippen molar-refractivity contribution in [3.8, 4) is 0 Å². The maximum Gasteiger partial charge on any atom is 0.272 e. The average molecular weight is 278 g/mol. The van der Waals surface area contributed by atoms with Gasteiger partial charge in [0.15, 0.2) is 0 Å². The predicted octanol–water partition coefficient (Wildman–Crippen LogP) is 1.49. The number of fused-ring (bicyclic) bond motifs is 1. The summed E-state index contributed by atoms with van der Waals surface area (Å²) >= 11 is 1.19. The number of imide groups is 1. The normalized spacial score (nSPS) is 19.9. The van der Waals surface area contributed by atoms with E-state index >= 15 is 0 Å². The fourth-order valence-electron chi connectivity index (χ4n) is 2.15. The van der Waals surface area contributed by atoms with E-state index in [-0.39, 0.29) is 11.8 Å². The molecule has 6 heteroatoms. The molecule has 1 saturated heterocycles. The van der Waals surface area contributed by atoms with Crippen LogP contribution < -0.4 is 0 Å². The molecule has 0 atom stereocenters. The first-order chi connectivity index (χ1) is 9.16. The largest absolute Gasteiger partial charge is 0.379 e. The van der Waals surface area contributed by atoms with Gasteiger partial charge in [-0.05, 0) is 19.1 Å². The molecule has 2 aliphatic heterocycles. The summed E-state index contributed by atoms with van der Waals surface area (Å²) in [7, 11) is 0. The fraction of sp³-hybridized carbons (Fsp3) is 0.385. The summed E-state index contributed by atoms with van der Waals surface area (Å²) in [6, 6.07) is 5.35. The van der Waals surface area contributed by atoms with Crippen LogP contribution in [0.3, 0.4) is 0 Å². The highest BCUT2D eigenvalue weighted by Crippen LogP contribution is 2.31. The van der Waals surface area contributed by atoms with Crippen molar-refractivity contribution in [1.82, 2.24) is 8.61 Å². The molecule has 0 bridgehead atoms. The van der Waals surface area contributed by atoms with Crippen molar-refractivity contribution in [3.63, 3.8) is 0 Å². The molecule has 0 saturated carbocycles. The maximum absolute atomic E-state index is 12.3. The van der Waals surface area contributed by atoms with Crippen molar-refractivity contribution in [1.29, 1.82) is 0 Å². The summed E-state index contributed by atoms with van der Waals surface area (Å²) in [5, 5.41) is 0. The third-order valence-electron chi connectivity index (χ3n) is 3.17. The van der Waals surface area contributed by atoms with Gasteiger partial charge in [-0.25, -0.2) is 8.61 Å². The van der Waals surface area contributed by atoms with Gasteiger partial charge in [-0.1, -0.05) is 11.6 Å². The zero-order chi connectivity index (χ0) is 13.4. The Labute approximate surface area is 115 Å². The third-order valence-corrected chi connectivity index (χ3v) is 4.26. The minimum atomic E-state index is -0.225. The SMILES string of the molecule is Cc1ccc2c(c1)C(=O)N(SN1CCOCC1)C2=O. The van der Waals surface area contributed by atoms with E-state index in [0.29, 0.717) is 24.3 Å². The second kappa shape index (κ2) is 4.96. The summed E-state index contributed by atoms with van der Waals surface area (Å²) in [6.07, 6.45) is 0. The molecule has 0 aromatic heterocycles.